The van der Waals surface area contributed by atoms with E-state index in [2.05, 4.69) is 9.97 Å². The number of nitrogens with zero attached hydrogens (tertiary/aromatic N) is 4. The lowest BCUT2D eigenvalue weighted by atomic mass is 10.3. The predicted molar refractivity (Wildman–Crippen MR) is 122 cm³/mol. The van der Waals surface area contributed by atoms with Crippen molar-refractivity contribution in [3.05, 3.63) is 98.1 Å². The van der Waals surface area contributed by atoms with Crippen LogP contribution in [0.2, 0.25) is 0 Å². The van der Waals surface area contributed by atoms with Gasteiger partial charge in [0.15, 0.2) is 0 Å². The molecule has 2 aromatic heterocycles. The lowest BCUT2D eigenvalue weighted by Gasteiger charge is -1.98. The highest BCUT2D eigenvalue weighted by molar-refractivity contribution is 7.86. The van der Waals surface area contributed by atoms with E-state index in [1.165, 1.54) is 0 Å². The Morgan fingerprint density at radius 3 is 1.03 bits per heavy atom. The van der Waals surface area contributed by atoms with Crippen molar-refractivity contribution in [2.45, 2.75) is 11.0 Å². The van der Waals surface area contributed by atoms with E-state index in [4.69, 9.17) is 25.9 Å². The summed E-state index contributed by atoms with van der Waals surface area (Å²) in [4.78, 5) is 7.92. The smallest absolute Gasteiger partial charge is 0.306 e. The van der Waals surface area contributed by atoms with Gasteiger partial charge >= 0.3 is 31.3 Å². The first-order valence-corrected chi connectivity index (χ1v) is 12.5. The summed E-state index contributed by atoms with van der Waals surface area (Å²) >= 11 is 0. The molecule has 0 radical (unpaired) electrons. The molecule has 2 aromatic carbocycles. The number of alkyl halides is 6. The van der Waals surface area contributed by atoms with E-state index in [9.17, 15) is 26.3 Å². The van der Waals surface area contributed by atoms with Crippen molar-refractivity contribution in [1.82, 2.24) is 19.1 Å². The lowest BCUT2D eigenvalue weighted by Crippen LogP contribution is -2.21. The van der Waals surface area contributed by atoms with Gasteiger partial charge in [-0.25, -0.2) is 9.97 Å². The van der Waals surface area contributed by atoms with Crippen LogP contribution in [-0.2, 0) is 20.2 Å². The Kier molecular flexibility index (Phi) is 11.6. The van der Waals surface area contributed by atoms with Crippen molar-refractivity contribution in [2.75, 3.05) is 0 Å². The second-order valence-electron chi connectivity index (χ2n) is 6.45. The summed E-state index contributed by atoms with van der Waals surface area (Å²) < 4.78 is 119. The van der Waals surface area contributed by atoms with Crippen LogP contribution in [0, 0.1) is 0 Å². The summed E-state index contributed by atoms with van der Waals surface area (Å²) in [6.45, 7) is 0. The molecule has 0 atom stereocenters. The average molecular weight is 589 g/mol. The van der Waals surface area contributed by atoms with Crippen LogP contribution in [0.1, 0.15) is 0 Å². The van der Waals surface area contributed by atoms with Crippen LogP contribution in [0.15, 0.2) is 98.1 Å². The van der Waals surface area contributed by atoms with E-state index >= 15 is 0 Å². The van der Waals surface area contributed by atoms with Gasteiger partial charge in [0.2, 0.25) is 0 Å². The lowest BCUT2D eigenvalue weighted by molar-refractivity contribution is -0.0514. The zero-order valence-corrected chi connectivity index (χ0v) is 20.3. The van der Waals surface area contributed by atoms with E-state index in [0.29, 0.717) is 0 Å². The van der Waals surface area contributed by atoms with Crippen LogP contribution >= 0.6 is 0 Å². The molecule has 38 heavy (non-hydrogen) atoms. The first-order chi connectivity index (χ1) is 17.4. The van der Waals surface area contributed by atoms with E-state index in [1.54, 1.807) is 25.0 Å². The molecular weight excluding hydrogens is 570 g/mol. The highest BCUT2D eigenvalue weighted by Gasteiger charge is 2.45. The molecular formula is C20H18F6N4O6S2. The van der Waals surface area contributed by atoms with Gasteiger partial charge in [0, 0.05) is 36.2 Å². The summed E-state index contributed by atoms with van der Waals surface area (Å²) in [6.07, 6.45) is 11.0. The summed E-state index contributed by atoms with van der Waals surface area (Å²) in [5.41, 5.74) is -8.78. The second kappa shape index (κ2) is 13.7. The zero-order chi connectivity index (χ0) is 29.0. The minimum Gasteiger partial charge on any atom is -0.306 e. The highest BCUT2D eigenvalue weighted by Crippen LogP contribution is 2.21. The number of halogens is 6. The Balaban J connectivity index is 0.000000258. The third kappa shape index (κ3) is 11.5. The summed E-state index contributed by atoms with van der Waals surface area (Å²) in [7, 11) is -11.7. The summed E-state index contributed by atoms with van der Waals surface area (Å²) in [5.74, 6) is 0. The molecule has 0 unspecified atom stereocenters. The van der Waals surface area contributed by atoms with Crippen molar-refractivity contribution in [3.63, 3.8) is 0 Å². The van der Waals surface area contributed by atoms with E-state index in [1.807, 2.05) is 82.2 Å². The Hall–Kier alpha value is -3.74. The standard InChI is InChI=1S/2C9H8N2.2CHF3O3S/c2*1-2-4-9(5-3-1)11-7-6-10-8-11;2*2-1(3,4)8(5,6)7/h2*1-8H;2*(H,5,6,7). The molecule has 0 amide bonds. The van der Waals surface area contributed by atoms with E-state index < -0.39 is 31.3 Å². The second-order valence-corrected chi connectivity index (χ2v) is 9.28. The molecule has 10 nitrogen and oxygen atoms in total. The molecule has 0 spiro atoms. The van der Waals surface area contributed by atoms with Crippen LogP contribution in [-0.4, -0.2) is 56.1 Å². The molecule has 0 saturated carbocycles. The number of hydrogen-bond donors (Lipinski definition) is 2. The molecule has 4 aromatic rings. The molecule has 208 valence electrons. The van der Waals surface area contributed by atoms with Crippen LogP contribution in [0.5, 0.6) is 0 Å². The molecule has 0 fully saturated rings. The molecule has 0 aliphatic carbocycles. The SMILES string of the molecule is O=S(=O)(O)C(F)(F)F.O=S(=O)(O)C(F)(F)F.c1ccc(-n2ccnc2)cc1.c1ccc(-n2ccnc2)cc1. The normalized spacial score (nSPS) is 11.6. The maximum atomic E-state index is 10.7. The molecule has 2 N–H and O–H groups in total. The maximum absolute atomic E-state index is 10.7. The third-order valence-electron chi connectivity index (χ3n) is 3.70. The van der Waals surface area contributed by atoms with Crippen molar-refractivity contribution >= 4 is 20.2 Å². The Morgan fingerprint density at radius 1 is 0.579 bits per heavy atom. The molecule has 18 heteroatoms. The van der Waals surface area contributed by atoms with E-state index in [0.717, 1.165) is 11.4 Å². The van der Waals surface area contributed by atoms with Gasteiger partial charge in [0.25, 0.3) is 0 Å². The largest absolute Gasteiger partial charge is 0.522 e. The number of imidazole rings is 2. The first kappa shape index (κ1) is 32.3. The van der Waals surface area contributed by atoms with Gasteiger partial charge in [-0.2, -0.15) is 43.2 Å². The molecule has 2 heterocycles. The fourth-order valence-corrected chi connectivity index (χ4v) is 2.02. The van der Waals surface area contributed by atoms with Crippen LogP contribution in [0.3, 0.4) is 0 Å². The van der Waals surface area contributed by atoms with Crippen LogP contribution < -0.4 is 0 Å². The Labute approximate surface area is 212 Å². The van der Waals surface area contributed by atoms with Gasteiger partial charge in [-0.3, -0.25) is 9.11 Å². The third-order valence-corrected chi connectivity index (χ3v) is 4.87. The molecule has 0 saturated heterocycles. The Morgan fingerprint density at radius 2 is 0.842 bits per heavy atom. The molecule has 4 rings (SSSR count). The highest BCUT2D eigenvalue weighted by atomic mass is 32.2. The predicted octanol–water partition coefficient (Wildman–Crippen LogP) is 4.53. The topological polar surface area (TPSA) is 144 Å². The van der Waals surface area contributed by atoms with Crippen molar-refractivity contribution < 1.29 is 52.3 Å². The van der Waals surface area contributed by atoms with Gasteiger partial charge in [-0.15, -0.1) is 0 Å². The van der Waals surface area contributed by atoms with Crippen molar-refractivity contribution in [2.24, 2.45) is 0 Å². The van der Waals surface area contributed by atoms with Crippen molar-refractivity contribution in [3.8, 4) is 11.4 Å². The molecule has 0 bridgehead atoms. The number of hydrogen-bond acceptors (Lipinski definition) is 6. The summed E-state index contributed by atoms with van der Waals surface area (Å²) in [6, 6.07) is 20.2. The quantitative estimate of drug-likeness (QED) is 0.197. The summed E-state index contributed by atoms with van der Waals surface area (Å²) in [5, 5.41) is 0. The van der Waals surface area contributed by atoms with Gasteiger partial charge in [-0.1, -0.05) is 36.4 Å². The zero-order valence-electron chi connectivity index (χ0n) is 18.6. The number of para-hydroxylation sites is 2. The number of rotatable bonds is 2. The monoisotopic (exact) mass is 588 g/mol. The van der Waals surface area contributed by atoms with Crippen LogP contribution in [0.4, 0.5) is 26.3 Å². The fourth-order valence-electron chi connectivity index (χ4n) is 2.02. The average Bonchev–Trinajstić information content (AvgIpc) is 3.54. The number of aromatic nitrogens is 4. The van der Waals surface area contributed by atoms with Crippen molar-refractivity contribution in [1.29, 1.82) is 0 Å². The maximum Gasteiger partial charge on any atom is 0.522 e. The van der Waals surface area contributed by atoms with Crippen LogP contribution in [0.25, 0.3) is 11.4 Å². The minimum absolute atomic E-state index is 1.14. The minimum atomic E-state index is -5.84. The van der Waals surface area contributed by atoms with E-state index in [-0.39, 0.29) is 0 Å². The fraction of sp³-hybridized carbons (Fsp3) is 0.100. The Bertz CT molecular complexity index is 1300. The van der Waals surface area contributed by atoms with Gasteiger partial charge < -0.3 is 9.13 Å². The molecule has 0 aliphatic heterocycles. The number of benzene rings is 2. The molecule has 0 aliphatic rings. The first-order valence-electron chi connectivity index (χ1n) is 9.57. The van der Waals surface area contributed by atoms with Gasteiger partial charge in [0.1, 0.15) is 0 Å². The van der Waals surface area contributed by atoms with Gasteiger partial charge in [0.05, 0.1) is 12.7 Å². The van der Waals surface area contributed by atoms with Gasteiger partial charge in [-0.05, 0) is 24.3 Å².